The van der Waals surface area contributed by atoms with Gasteiger partial charge in [-0.05, 0) is 61.9 Å². The first kappa shape index (κ1) is 35.3. The lowest BCUT2D eigenvalue weighted by molar-refractivity contribution is -0.120. The summed E-state index contributed by atoms with van der Waals surface area (Å²) in [6, 6.07) is 12.6. The molecular weight excluding hydrogens is 690 g/mol. The molecule has 4 fully saturated rings. The Labute approximate surface area is 311 Å². The second-order valence-corrected chi connectivity index (χ2v) is 14.6. The van der Waals surface area contributed by atoms with Crippen molar-refractivity contribution >= 4 is 56.9 Å². The number of nitrogens with one attached hydrogen (secondary N) is 3. The largest absolute Gasteiger partial charge is 0.496 e. The molecule has 282 valence electrons. The summed E-state index contributed by atoms with van der Waals surface area (Å²) in [6.07, 6.45) is 12.7. The highest BCUT2D eigenvalue weighted by atomic mass is 16.5. The van der Waals surface area contributed by atoms with E-state index in [-0.39, 0.29) is 35.5 Å². The van der Waals surface area contributed by atoms with E-state index in [2.05, 4.69) is 41.9 Å². The number of H-pyrrole nitrogens is 1. The van der Waals surface area contributed by atoms with Crippen molar-refractivity contribution in [1.29, 1.82) is 0 Å². The second-order valence-electron chi connectivity index (χ2n) is 14.6. The zero-order chi connectivity index (χ0) is 37.2. The molecule has 2 saturated heterocycles. The predicted molar refractivity (Wildman–Crippen MR) is 204 cm³/mol. The van der Waals surface area contributed by atoms with Crippen molar-refractivity contribution in [1.82, 2.24) is 30.1 Å². The molecule has 2 aliphatic carbocycles. The third-order valence-corrected chi connectivity index (χ3v) is 10.9. The number of aromatic amines is 1. The molecule has 2 aliphatic heterocycles. The smallest absolute Gasteiger partial charge is 0.329 e. The molecule has 5 heterocycles. The first-order valence-corrected chi connectivity index (χ1v) is 18.9. The van der Waals surface area contributed by atoms with E-state index >= 15 is 0 Å². The minimum absolute atomic E-state index is 0.184. The quantitative estimate of drug-likeness (QED) is 0.190. The highest BCUT2D eigenvalue weighted by Crippen LogP contribution is 2.34. The lowest BCUT2D eigenvalue weighted by atomic mass is 9.89. The van der Waals surface area contributed by atoms with Crippen LogP contribution >= 0.6 is 0 Å². The van der Waals surface area contributed by atoms with Crippen LogP contribution in [-0.2, 0) is 4.79 Å². The van der Waals surface area contributed by atoms with Gasteiger partial charge in [0.05, 0.1) is 29.8 Å². The van der Waals surface area contributed by atoms with Crippen LogP contribution in [0.25, 0.3) is 21.9 Å². The number of benzene rings is 2. The third-order valence-electron chi connectivity index (χ3n) is 10.9. The van der Waals surface area contributed by atoms with E-state index in [4.69, 9.17) is 9.26 Å². The number of urea groups is 1. The van der Waals surface area contributed by atoms with Gasteiger partial charge in [0, 0.05) is 81.1 Å². The molecule has 0 atom stereocenters. The van der Waals surface area contributed by atoms with Gasteiger partial charge in [0.15, 0.2) is 11.4 Å². The number of aromatic nitrogens is 4. The molecule has 0 bridgehead atoms. The fourth-order valence-electron chi connectivity index (χ4n) is 7.75. The van der Waals surface area contributed by atoms with Crippen molar-refractivity contribution in [2.45, 2.75) is 57.4 Å². The van der Waals surface area contributed by atoms with E-state index in [1.54, 1.807) is 41.2 Å². The predicted octanol–water partition coefficient (Wildman–Crippen LogP) is 5.30. The maximum absolute atomic E-state index is 12.6. The average molecular weight is 736 g/mol. The van der Waals surface area contributed by atoms with E-state index in [1.807, 2.05) is 12.1 Å². The van der Waals surface area contributed by atoms with Gasteiger partial charge in [0.1, 0.15) is 11.4 Å². The average Bonchev–Trinajstić information content (AvgIpc) is 3.78. The summed E-state index contributed by atoms with van der Waals surface area (Å²) in [7, 11) is 1.50. The molecular formula is C39H45N9O6. The molecule has 0 radical (unpaired) electrons. The van der Waals surface area contributed by atoms with Crippen LogP contribution in [0.4, 0.5) is 22.0 Å². The Morgan fingerprint density at radius 3 is 2.56 bits per heavy atom. The normalized spacial score (nSPS) is 18.4. The van der Waals surface area contributed by atoms with Crippen LogP contribution in [0.3, 0.4) is 0 Å². The number of nitrogens with zero attached hydrogens (tertiary/aromatic N) is 6. The number of rotatable bonds is 8. The van der Waals surface area contributed by atoms with Gasteiger partial charge >= 0.3 is 6.03 Å². The van der Waals surface area contributed by atoms with Crippen molar-refractivity contribution in [3.05, 3.63) is 70.8 Å². The van der Waals surface area contributed by atoms with Crippen molar-refractivity contribution < 1.29 is 23.6 Å². The Morgan fingerprint density at radius 2 is 1.80 bits per heavy atom. The number of imide groups is 1. The van der Waals surface area contributed by atoms with Crippen LogP contribution in [0, 0.1) is 5.92 Å². The number of anilines is 3. The highest BCUT2D eigenvalue weighted by molar-refractivity contribution is 6.09. The zero-order valence-electron chi connectivity index (χ0n) is 30.4. The fourth-order valence-corrected chi connectivity index (χ4v) is 7.75. The fraction of sp³-hybridized carbons (Fsp3) is 0.436. The Morgan fingerprint density at radius 1 is 0.981 bits per heavy atom. The van der Waals surface area contributed by atoms with E-state index in [1.165, 1.54) is 50.7 Å². The Bertz CT molecular complexity index is 2230. The van der Waals surface area contributed by atoms with Crippen LogP contribution in [0.1, 0.15) is 67.8 Å². The highest BCUT2D eigenvalue weighted by Gasteiger charge is 2.29. The molecule has 5 aromatic rings. The lowest BCUT2D eigenvalue weighted by Crippen LogP contribution is -2.49. The number of carbonyl (C=O) groups is 3. The van der Waals surface area contributed by atoms with Crippen molar-refractivity contribution in [3.63, 3.8) is 0 Å². The van der Waals surface area contributed by atoms with Gasteiger partial charge in [-0.3, -0.25) is 34.6 Å². The first-order valence-electron chi connectivity index (χ1n) is 18.9. The molecule has 4 aliphatic rings. The number of ether oxygens (including phenoxy) is 1. The summed E-state index contributed by atoms with van der Waals surface area (Å²) in [6.45, 7) is 5.78. The summed E-state index contributed by atoms with van der Waals surface area (Å²) in [5.41, 5.74) is 3.00. The minimum atomic E-state index is -0.445. The molecule has 9 rings (SSSR count). The number of pyridine rings is 1. The van der Waals surface area contributed by atoms with Gasteiger partial charge in [-0.25, -0.2) is 4.79 Å². The topological polar surface area (TPSA) is 171 Å². The van der Waals surface area contributed by atoms with Gasteiger partial charge in [0.25, 0.3) is 11.5 Å². The number of piperazine rings is 1. The SMILES string of the molecule is COc1cc2[nH]ncc2cc1C(=O)Nc1cccn(C2CC2)c1=O.O=C1CCN(c2noc3cc(N4CCN(CC5CCCCC5)CC4)ccc23)C(=O)N1. The second kappa shape index (κ2) is 15.3. The van der Waals surface area contributed by atoms with Crippen LogP contribution in [-0.4, -0.2) is 89.0 Å². The molecule has 0 spiro atoms. The standard InChI is InChI=1S/C22H29N5O3.C17H16N4O3/c28-20-8-9-27(22(29)23-20)21-18-7-6-17(14-19(18)30-24-21)26-12-10-25(11-13-26)15-16-4-2-1-3-5-16;1-24-15-8-14-10(9-18-20-14)7-12(15)16(22)19-13-3-2-6-21(17(13)23)11-4-5-11/h6-7,14,16H,1-5,8-13,15H2,(H,23,28,29);2-3,6-9,11H,4-5H2,1H3,(H,18,20)(H,19,22). The monoisotopic (exact) mass is 735 g/mol. The van der Waals surface area contributed by atoms with Crippen molar-refractivity contribution in [2.75, 3.05) is 61.5 Å². The Hall–Kier alpha value is -5.70. The molecule has 54 heavy (non-hydrogen) atoms. The molecule has 15 nitrogen and oxygen atoms in total. The Kier molecular flexibility index (Phi) is 10.0. The summed E-state index contributed by atoms with van der Waals surface area (Å²) >= 11 is 0. The van der Waals surface area contributed by atoms with E-state index in [0.29, 0.717) is 29.3 Å². The van der Waals surface area contributed by atoms with E-state index < -0.39 is 6.03 Å². The zero-order valence-corrected chi connectivity index (χ0v) is 30.4. The third kappa shape index (κ3) is 7.53. The number of carbonyl (C=O) groups excluding carboxylic acids is 3. The molecule has 2 aromatic carbocycles. The first-order chi connectivity index (χ1) is 26.3. The van der Waals surface area contributed by atoms with Crippen LogP contribution in [0.2, 0.25) is 0 Å². The summed E-state index contributed by atoms with van der Waals surface area (Å²) in [5.74, 6) is 1.13. The summed E-state index contributed by atoms with van der Waals surface area (Å²) in [4.78, 5) is 55.1. The molecule has 3 aromatic heterocycles. The Balaban J connectivity index is 0.000000157. The lowest BCUT2D eigenvalue weighted by Gasteiger charge is -2.38. The van der Waals surface area contributed by atoms with E-state index in [9.17, 15) is 19.2 Å². The van der Waals surface area contributed by atoms with Crippen LogP contribution in [0.5, 0.6) is 5.75 Å². The number of amides is 4. The van der Waals surface area contributed by atoms with Crippen molar-refractivity contribution in [2.24, 2.45) is 5.92 Å². The maximum atomic E-state index is 12.6. The maximum Gasteiger partial charge on any atom is 0.329 e. The number of hydrogen-bond acceptors (Lipinski definition) is 10. The van der Waals surface area contributed by atoms with Crippen LogP contribution in [0.15, 0.2) is 64.2 Å². The van der Waals surface area contributed by atoms with Crippen molar-refractivity contribution in [3.8, 4) is 5.75 Å². The van der Waals surface area contributed by atoms with Gasteiger partial charge in [-0.15, -0.1) is 0 Å². The number of hydrogen-bond donors (Lipinski definition) is 3. The van der Waals surface area contributed by atoms with Gasteiger partial charge < -0.3 is 24.0 Å². The van der Waals surface area contributed by atoms with Gasteiger partial charge in [-0.1, -0.05) is 24.4 Å². The molecule has 4 amide bonds. The molecule has 2 saturated carbocycles. The molecule has 15 heteroatoms. The summed E-state index contributed by atoms with van der Waals surface area (Å²) in [5, 5.41) is 17.5. The van der Waals surface area contributed by atoms with Gasteiger partial charge in [-0.2, -0.15) is 5.10 Å². The van der Waals surface area contributed by atoms with Crippen LogP contribution < -0.4 is 30.7 Å². The minimum Gasteiger partial charge on any atom is -0.496 e. The number of fused-ring (bicyclic) bond motifs is 2. The molecule has 0 unspecified atom stereocenters. The van der Waals surface area contributed by atoms with Gasteiger partial charge in [0.2, 0.25) is 5.91 Å². The number of methoxy groups -OCH3 is 1. The van der Waals surface area contributed by atoms with E-state index in [0.717, 1.165) is 66.9 Å². The molecule has 3 N–H and O–H groups in total. The summed E-state index contributed by atoms with van der Waals surface area (Å²) < 4.78 is 12.5.